The highest BCUT2D eigenvalue weighted by Crippen LogP contribution is 2.23. The molecule has 2 heterocycles. The normalized spacial score (nSPS) is 12.9. The minimum Gasteiger partial charge on any atom is -0.384 e. The van der Waals surface area contributed by atoms with Gasteiger partial charge in [-0.05, 0) is 24.1 Å². The van der Waals surface area contributed by atoms with Gasteiger partial charge in [-0.25, -0.2) is 4.68 Å². The van der Waals surface area contributed by atoms with Crippen molar-refractivity contribution in [3.63, 3.8) is 0 Å². The summed E-state index contributed by atoms with van der Waals surface area (Å²) in [7, 11) is 1.73. The van der Waals surface area contributed by atoms with Crippen LogP contribution in [0.3, 0.4) is 0 Å². The lowest BCUT2D eigenvalue weighted by molar-refractivity contribution is 0.102. The van der Waals surface area contributed by atoms with E-state index in [1.165, 1.54) is 16.6 Å². The van der Waals surface area contributed by atoms with E-state index >= 15 is 0 Å². The Bertz CT molecular complexity index is 604. The van der Waals surface area contributed by atoms with E-state index in [2.05, 4.69) is 20.7 Å². The van der Waals surface area contributed by atoms with Gasteiger partial charge in [0.1, 0.15) is 6.33 Å². The molecule has 18 heavy (non-hydrogen) atoms. The number of aromatic nitrogens is 3. The van der Waals surface area contributed by atoms with Crippen LogP contribution in [0.2, 0.25) is 0 Å². The number of benzene rings is 1. The van der Waals surface area contributed by atoms with Gasteiger partial charge in [0, 0.05) is 24.8 Å². The minimum atomic E-state index is -0.178. The third-order valence-electron chi connectivity index (χ3n) is 3.02. The van der Waals surface area contributed by atoms with Crippen LogP contribution in [0, 0.1) is 0 Å². The van der Waals surface area contributed by atoms with Gasteiger partial charge in [-0.2, -0.15) is 10.1 Å². The Labute approximate surface area is 104 Å². The zero-order valence-corrected chi connectivity index (χ0v) is 9.97. The van der Waals surface area contributed by atoms with Crippen LogP contribution in [0.1, 0.15) is 15.9 Å². The van der Waals surface area contributed by atoms with Crippen molar-refractivity contribution in [2.45, 2.75) is 6.42 Å². The summed E-state index contributed by atoms with van der Waals surface area (Å²) in [5.74, 6) is 0.260. The van der Waals surface area contributed by atoms with Gasteiger partial charge >= 0.3 is 0 Å². The third-order valence-corrected chi connectivity index (χ3v) is 3.02. The number of nitrogens with one attached hydrogen (secondary N) is 2. The van der Waals surface area contributed by atoms with E-state index in [9.17, 15) is 4.79 Å². The van der Waals surface area contributed by atoms with E-state index in [1.807, 2.05) is 18.2 Å². The van der Waals surface area contributed by atoms with E-state index < -0.39 is 0 Å². The van der Waals surface area contributed by atoms with Crippen LogP contribution >= 0.6 is 0 Å². The lowest BCUT2D eigenvalue weighted by Crippen LogP contribution is -2.15. The molecule has 0 unspecified atom stereocenters. The molecule has 0 bridgehead atoms. The third kappa shape index (κ3) is 1.81. The molecule has 2 N–H and O–H groups in total. The van der Waals surface area contributed by atoms with Gasteiger partial charge in [-0.3, -0.25) is 10.1 Å². The Hall–Kier alpha value is -2.37. The van der Waals surface area contributed by atoms with Crippen LogP contribution in [0.5, 0.6) is 0 Å². The van der Waals surface area contributed by atoms with Crippen LogP contribution in [-0.4, -0.2) is 27.2 Å². The van der Waals surface area contributed by atoms with Gasteiger partial charge in [0.15, 0.2) is 0 Å². The van der Waals surface area contributed by atoms with Gasteiger partial charge in [-0.15, -0.1) is 0 Å². The standard InChI is InChI=1S/C12H13N5O/c1-17-12(14-7-15-17)16-11(18)9-3-2-8-4-5-13-10(8)6-9/h2-3,6-7,13H,4-5H2,1H3,(H,14,15,16,18). The van der Waals surface area contributed by atoms with Gasteiger partial charge < -0.3 is 5.32 Å². The molecule has 1 aliphatic rings. The molecule has 0 spiro atoms. The van der Waals surface area contributed by atoms with Crippen molar-refractivity contribution in [3.8, 4) is 0 Å². The highest BCUT2D eigenvalue weighted by atomic mass is 16.1. The van der Waals surface area contributed by atoms with Crippen molar-refractivity contribution in [2.75, 3.05) is 17.2 Å². The van der Waals surface area contributed by atoms with Crippen molar-refractivity contribution in [1.29, 1.82) is 0 Å². The molecule has 0 saturated heterocycles. The second kappa shape index (κ2) is 4.14. The predicted molar refractivity (Wildman–Crippen MR) is 67.6 cm³/mol. The molecule has 0 aliphatic carbocycles. The van der Waals surface area contributed by atoms with Crippen LogP contribution in [0.4, 0.5) is 11.6 Å². The summed E-state index contributed by atoms with van der Waals surface area (Å²) in [5.41, 5.74) is 2.91. The Morgan fingerprint density at radius 3 is 3.17 bits per heavy atom. The Kier molecular flexibility index (Phi) is 2.47. The highest BCUT2D eigenvalue weighted by molar-refractivity contribution is 6.04. The van der Waals surface area contributed by atoms with Gasteiger partial charge in [-0.1, -0.05) is 6.07 Å². The fourth-order valence-electron chi connectivity index (χ4n) is 2.02. The first kappa shape index (κ1) is 10.8. The van der Waals surface area contributed by atoms with Gasteiger partial charge in [0.05, 0.1) is 0 Å². The second-order valence-electron chi connectivity index (χ2n) is 4.21. The number of rotatable bonds is 2. The maximum atomic E-state index is 12.0. The Morgan fingerprint density at radius 2 is 2.39 bits per heavy atom. The van der Waals surface area contributed by atoms with E-state index in [1.54, 1.807) is 7.05 Å². The molecule has 1 aromatic carbocycles. The number of carbonyl (C=O) groups is 1. The number of carbonyl (C=O) groups excluding carboxylic acids is 1. The first-order valence-electron chi connectivity index (χ1n) is 5.76. The monoisotopic (exact) mass is 243 g/mol. The summed E-state index contributed by atoms with van der Waals surface area (Å²) in [6, 6.07) is 5.69. The molecule has 92 valence electrons. The van der Waals surface area contributed by atoms with Gasteiger partial charge in [0.25, 0.3) is 5.91 Å². The lowest BCUT2D eigenvalue weighted by atomic mass is 10.1. The summed E-state index contributed by atoms with van der Waals surface area (Å²) in [6.45, 7) is 0.934. The predicted octanol–water partition coefficient (Wildman–Crippen LogP) is 1.04. The van der Waals surface area contributed by atoms with E-state index in [4.69, 9.17) is 0 Å². The second-order valence-corrected chi connectivity index (χ2v) is 4.21. The van der Waals surface area contributed by atoms with Crippen LogP contribution in [0.25, 0.3) is 0 Å². The molecule has 0 atom stereocenters. The molecule has 0 fully saturated rings. The summed E-state index contributed by atoms with van der Waals surface area (Å²) < 4.78 is 1.52. The van der Waals surface area contributed by atoms with Crippen molar-refractivity contribution >= 4 is 17.5 Å². The quantitative estimate of drug-likeness (QED) is 0.826. The van der Waals surface area contributed by atoms with Crippen molar-refractivity contribution in [2.24, 2.45) is 7.05 Å². The molecule has 6 nitrogen and oxygen atoms in total. The average Bonchev–Trinajstić information content (AvgIpc) is 2.98. The molecule has 1 aliphatic heterocycles. The topological polar surface area (TPSA) is 71.8 Å². The SMILES string of the molecule is Cn1ncnc1NC(=O)c1ccc2c(c1)NCC2. The lowest BCUT2D eigenvalue weighted by Gasteiger charge is -2.06. The van der Waals surface area contributed by atoms with Crippen LogP contribution in [-0.2, 0) is 13.5 Å². The molecule has 0 radical (unpaired) electrons. The van der Waals surface area contributed by atoms with E-state index in [0.717, 1.165) is 18.7 Å². The average molecular weight is 243 g/mol. The Morgan fingerprint density at radius 1 is 1.50 bits per heavy atom. The number of amides is 1. The van der Waals surface area contributed by atoms with Gasteiger partial charge in [0.2, 0.25) is 5.95 Å². The molecule has 0 saturated carbocycles. The minimum absolute atomic E-state index is 0.178. The van der Waals surface area contributed by atoms with Crippen molar-refractivity contribution in [1.82, 2.24) is 14.8 Å². The largest absolute Gasteiger partial charge is 0.384 e. The molecular weight excluding hydrogens is 230 g/mol. The van der Waals surface area contributed by atoms with E-state index in [-0.39, 0.29) is 5.91 Å². The number of fused-ring (bicyclic) bond motifs is 1. The zero-order chi connectivity index (χ0) is 12.5. The number of hydrogen-bond donors (Lipinski definition) is 2. The van der Waals surface area contributed by atoms with Crippen LogP contribution < -0.4 is 10.6 Å². The summed E-state index contributed by atoms with van der Waals surface area (Å²) in [5, 5.41) is 9.87. The molecular formula is C12H13N5O. The zero-order valence-electron chi connectivity index (χ0n) is 9.97. The summed E-state index contributed by atoms with van der Waals surface area (Å²) >= 11 is 0. The number of aryl methyl sites for hydroxylation is 1. The highest BCUT2D eigenvalue weighted by Gasteiger charge is 2.14. The Balaban J connectivity index is 1.83. The smallest absolute Gasteiger partial charge is 0.258 e. The summed E-state index contributed by atoms with van der Waals surface area (Å²) in [4.78, 5) is 16.0. The van der Waals surface area contributed by atoms with Crippen LogP contribution in [0.15, 0.2) is 24.5 Å². The first-order valence-corrected chi connectivity index (χ1v) is 5.76. The van der Waals surface area contributed by atoms with Crippen molar-refractivity contribution in [3.05, 3.63) is 35.7 Å². The fraction of sp³-hybridized carbons (Fsp3) is 0.250. The molecule has 1 aromatic heterocycles. The molecule has 1 amide bonds. The summed E-state index contributed by atoms with van der Waals surface area (Å²) in [6.07, 6.45) is 2.42. The number of anilines is 2. The molecule has 3 rings (SSSR count). The van der Waals surface area contributed by atoms with E-state index in [0.29, 0.717) is 11.5 Å². The number of hydrogen-bond acceptors (Lipinski definition) is 4. The first-order chi connectivity index (χ1) is 8.74. The fourth-order valence-corrected chi connectivity index (χ4v) is 2.02. The molecule has 2 aromatic rings. The molecule has 6 heteroatoms. The maximum Gasteiger partial charge on any atom is 0.258 e. The maximum absolute atomic E-state index is 12.0. The number of nitrogens with zero attached hydrogens (tertiary/aromatic N) is 3. The van der Waals surface area contributed by atoms with Crippen molar-refractivity contribution < 1.29 is 4.79 Å².